The molecule has 0 saturated heterocycles. The number of hydrogen-bond acceptors (Lipinski definition) is 6. The largest absolute Gasteiger partial charge is 0.486 e. The van der Waals surface area contributed by atoms with Crippen molar-refractivity contribution in [1.82, 2.24) is 0 Å². The van der Waals surface area contributed by atoms with Gasteiger partial charge in [-0.1, -0.05) is 6.92 Å². The number of ether oxygens (including phenoxy) is 3. The van der Waals surface area contributed by atoms with Gasteiger partial charge in [0.15, 0.2) is 17.6 Å². The summed E-state index contributed by atoms with van der Waals surface area (Å²) >= 11 is 1.48. The second-order valence-corrected chi connectivity index (χ2v) is 8.44. The number of fused-ring (bicyclic) bond motifs is 2. The Morgan fingerprint density at radius 1 is 1.21 bits per heavy atom. The second kappa shape index (κ2) is 7.83. The molecule has 1 aliphatic carbocycles. The van der Waals surface area contributed by atoms with Gasteiger partial charge in [-0.25, -0.2) is 4.79 Å². The summed E-state index contributed by atoms with van der Waals surface area (Å²) < 4.78 is 16.4. The highest BCUT2D eigenvalue weighted by molar-refractivity contribution is 7.14. The van der Waals surface area contributed by atoms with Crippen molar-refractivity contribution in [2.24, 2.45) is 5.92 Å². The standard InChI is InChI=1S/C21H23NO5S/c1-12-3-6-18-14(9-12)10-19(28-18)21(24)27-13(2)20(23)22-15-4-5-16-17(11-15)26-8-7-25-16/h4-5,10-13H,3,6-9H2,1-2H3,(H,22,23)/t12-,13-/m0/s1. The zero-order chi connectivity index (χ0) is 19.7. The van der Waals surface area contributed by atoms with E-state index < -0.39 is 12.1 Å². The topological polar surface area (TPSA) is 73.9 Å². The van der Waals surface area contributed by atoms with Gasteiger partial charge in [-0.05, 0) is 55.9 Å². The molecule has 148 valence electrons. The van der Waals surface area contributed by atoms with E-state index in [0.29, 0.717) is 41.2 Å². The fourth-order valence-electron chi connectivity index (χ4n) is 3.44. The summed E-state index contributed by atoms with van der Waals surface area (Å²) in [4.78, 5) is 26.7. The van der Waals surface area contributed by atoms with E-state index in [2.05, 4.69) is 12.2 Å². The zero-order valence-electron chi connectivity index (χ0n) is 15.9. The minimum absolute atomic E-state index is 0.389. The van der Waals surface area contributed by atoms with E-state index in [0.717, 1.165) is 19.3 Å². The van der Waals surface area contributed by atoms with Gasteiger partial charge < -0.3 is 19.5 Å². The molecule has 1 aromatic carbocycles. The number of rotatable bonds is 4. The van der Waals surface area contributed by atoms with Gasteiger partial charge in [-0.3, -0.25) is 4.79 Å². The highest BCUT2D eigenvalue weighted by atomic mass is 32.1. The molecule has 0 spiro atoms. The first-order valence-corrected chi connectivity index (χ1v) is 10.3. The maximum Gasteiger partial charge on any atom is 0.349 e. The number of nitrogens with one attached hydrogen (secondary N) is 1. The van der Waals surface area contributed by atoms with Crippen LogP contribution in [0.3, 0.4) is 0 Å². The molecule has 1 aromatic heterocycles. The molecular formula is C21H23NO5S. The van der Waals surface area contributed by atoms with Crippen molar-refractivity contribution in [2.45, 2.75) is 39.2 Å². The van der Waals surface area contributed by atoms with E-state index in [9.17, 15) is 9.59 Å². The van der Waals surface area contributed by atoms with Crippen LogP contribution in [0, 0.1) is 5.92 Å². The average Bonchev–Trinajstić information content (AvgIpc) is 3.11. The molecule has 0 bridgehead atoms. The number of benzene rings is 1. The minimum atomic E-state index is -0.904. The Bertz CT molecular complexity index is 906. The Hall–Kier alpha value is -2.54. The maximum atomic E-state index is 12.5. The molecule has 2 aliphatic rings. The Labute approximate surface area is 167 Å². The number of aryl methyl sites for hydroxylation is 1. The zero-order valence-corrected chi connectivity index (χ0v) is 16.8. The Morgan fingerprint density at radius 2 is 2.00 bits per heavy atom. The summed E-state index contributed by atoms with van der Waals surface area (Å²) in [6.07, 6.45) is 2.25. The third kappa shape index (κ3) is 3.99. The SMILES string of the molecule is C[C@H]1CCc2sc(C(=O)O[C@@H](C)C(=O)Nc3ccc4c(c3)OCCO4)cc2C1. The number of amides is 1. The normalized spacial score (nSPS) is 18.7. The summed E-state index contributed by atoms with van der Waals surface area (Å²) in [7, 11) is 0. The number of esters is 1. The third-order valence-electron chi connectivity index (χ3n) is 4.99. The van der Waals surface area contributed by atoms with Gasteiger partial charge in [-0.2, -0.15) is 0 Å². The first-order chi connectivity index (χ1) is 13.5. The molecule has 1 N–H and O–H groups in total. The highest BCUT2D eigenvalue weighted by Gasteiger charge is 2.24. The molecule has 2 aromatic rings. The van der Waals surface area contributed by atoms with E-state index in [1.165, 1.54) is 21.8 Å². The van der Waals surface area contributed by atoms with Crippen molar-refractivity contribution in [3.8, 4) is 11.5 Å². The number of thiophene rings is 1. The smallest absolute Gasteiger partial charge is 0.349 e. The van der Waals surface area contributed by atoms with Crippen LogP contribution in [-0.4, -0.2) is 31.2 Å². The third-order valence-corrected chi connectivity index (χ3v) is 6.21. The molecule has 4 rings (SSSR count). The lowest BCUT2D eigenvalue weighted by molar-refractivity contribution is -0.123. The predicted molar refractivity (Wildman–Crippen MR) is 106 cm³/mol. The lowest BCUT2D eigenvalue weighted by Gasteiger charge is -2.19. The quantitative estimate of drug-likeness (QED) is 0.789. The first kappa shape index (κ1) is 18.8. The van der Waals surface area contributed by atoms with Crippen LogP contribution in [0.25, 0.3) is 0 Å². The molecule has 0 unspecified atom stereocenters. The fraction of sp³-hybridized carbons (Fsp3) is 0.429. The summed E-state index contributed by atoms with van der Waals surface area (Å²) in [5, 5.41) is 2.76. The molecule has 28 heavy (non-hydrogen) atoms. The van der Waals surface area contributed by atoms with Gasteiger partial charge >= 0.3 is 5.97 Å². The molecule has 1 amide bonds. The van der Waals surface area contributed by atoms with E-state index >= 15 is 0 Å². The van der Waals surface area contributed by atoms with Crippen molar-refractivity contribution in [2.75, 3.05) is 18.5 Å². The van der Waals surface area contributed by atoms with Crippen molar-refractivity contribution in [3.05, 3.63) is 39.6 Å². The number of carbonyl (C=O) groups excluding carboxylic acids is 2. The molecular weight excluding hydrogens is 378 g/mol. The Balaban J connectivity index is 1.37. The van der Waals surface area contributed by atoms with Crippen molar-refractivity contribution < 1.29 is 23.8 Å². The summed E-state index contributed by atoms with van der Waals surface area (Å²) in [5.41, 5.74) is 1.81. The minimum Gasteiger partial charge on any atom is -0.486 e. The summed E-state index contributed by atoms with van der Waals surface area (Å²) in [6, 6.07) is 7.10. The summed E-state index contributed by atoms with van der Waals surface area (Å²) in [6.45, 7) is 4.78. The van der Waals surface area contributed by atoms with E-state index in [1.54, 1.807) is 25.1 Å². The molecule has 6 nitrogen and oxygen atoms in total. The highest BCUT2D eigenvalue weighted by Crippen LogP contribution is 2.34. The number of carbonyl (C=O) groups is 2. The van der Waals surface area contributed by atoms with Gasteiger partial charge in [-0.15, -0.1) is 11.3 Å². The van der Waals surface area contributed by atoms with E-state index in [4.69, 9.17) is 14.2 Å². The van der Waals surface area contributed by atoms with Gasteiger partial charge in [0.2, 0.25) is 0 Å². The van der Waals surface area contributed by atoms with E-state index in [-0.39, 0.29) is 5.91 Å². The fourth-order valence-corrected chi connectivity index (χ4v) is 4.53. The lowest BCUT2D eigenvalue weighted by Crippen LogP contribution is -2.29. The second-order valence-electron chi connectivity index (χ2n) is 7.30. The van der Waals surface area contributed by atoms with Crippen LogP contribution in [0.2, 0.25) is 0 Å². The van der Waals surface area contributed by atoms with Crippen LogP contribution in [0.4, 0.5) is 5.69 Å². The molecule has 0 fully saturated rings. The monoisotopic (exact) mass is 401 g/mol. The van der Waals surface area contributed by atoms with Gasteiger partial charge in [0.25, 0.3) is 5.91 Å². The van der Waals surface area contributed by atoms with Crippen molar-refractivity contribution in [3.63, 3.8) is 0 Å². The lowest BCUT2D eigenvalue weighted by atomic mass is 9.90. The van der Waals surface area contributed by atoms with Crippen LogP contribution in [0.5, 0.6) is 11.5 Å². The van der Waals surface area contributed by atoms with Crippen LogP contribution >= 0.6 is 11.3 Å². The van der Waals surface area contributed by atoms with Crippen molar-refractivity contribution >= 4 is 28.9 Å². The average molecular weight is 401 g/mol. The van der Waals surface area contributed by atoms with E-state index in [1.807, 2.05) is 6.07 Å². The Kier molecular flexibility index (Phi) is 5.26. The molecule has 1 aliphatic heterocycles. The van der Waals surface area contributed by atoms with Crippen LogP contribution in [0.1, 0.15) is 40.4 Å². The molecule has 0 saturated carbocycles. The van der Waals surface area contributed by atoms with Crippen LogP contribution in [0.15, 0.2) is 24.3 Å². The first-order valence-electron chi connectivity index (χ1n) is 9.52. The Morgan fingerprint density at radius 3 is 2.82 bits per heavy atom. The van der Waals surface area contributed by atoms with Gasteiger partial charge in [0.1, 0.15) is 18.1 Å². The number of anilines is 1. The summed E-state index contributed by atoms with van der Waals surface area (Å²) in [5.74, 6) is 1.05. The predicted octanol–water partition coefficient (Wildman–Crippen LogP) is 3.83. The molecule has 7 heteroatoms. The van der Waals surface area contributed by atoms with Crippen molar-refractivity contribution in [1.29, 1.82) is 0 Å². The molecule has 2 atom stereocenters. The van der Waals surface area contributed by atoms with Gasteiger partial charge in [0, 0.05) is 16.6 Å². The number of hydrogen-bond donors (Lipinski definition) is 1. The van der Waals surface area contributed by atoms with Gasteiger partial charge in [0.05, 0.1) is 0 Å². The van der Waals surface area contributed by atoms with Crippen LogP contribution in [-0.2, 0) is 22.4 Å². The molecule has 2 heterocycles. The molecule has 0 radical (unpaired) electrons. The maximum absolute atomic E-state index is 12.5. The van der Waals surface area contributed by atoms with Crippen LogP contribution < -0.4 is 14.8 Å².